The SMILES string of the molecule is Cc1nnc2n1CC(C(=O)NCC1(c3ccc(Cl)cc3Cl)CCCCC1)CC2. The van der Waals surface area contributed by atoms with Gasteiger partial charge in [-0.25, -0.2) is 0 Å². The van der Waals surface area contributed by atoms with Crippen LogP contribution in [0, 0.1) is 12.8 Å². The van der Waals surface area contributed by atoms with Crippen LogP contribution in [0.3, 0.4) is 0 Å². The maximum Gasteiger partial charge on any atom is 0.224 e. The molecule has 2 aliphatic rings. The second kappa shape index (κ2) is 8.03. The van der Waals surface area contributed by atoms with E-state index in [2.05, 4.69) is 20.1 Å². The molecule has 1 N–H and O–H groups in total. The number of benzene rings is 1. The van der Waals surface area contributed by atoms with E-state index in [1.54, 1.807) is 0 Å². The summed E-state index contributed by atoms with van der Waals surface area (Å²) < 4.78 is 2.07. The molecule has 1 aliphatic carbocycles. The molecule has 1 fully saturated rings. The Hall–Kier alpha value is -1.59. The molecule has 1 aliphatic heterocycles. The molecule has 28 heavy (non-hydrogen) atoms. The van der Waals surface area contributed by atoms with Crippen molar-refractivity contribution in [2.45, 2.75) is 63.8 Å². The van der Waals surface area contributed by atoms with E-state index < -0.39 is 0 Å². The van der Waals surface area contributed by atoms with Crippen LogP contribution in [-0.4, -0.2) is 27.2 Å². The van der Waals surface area contributed by atoms with Crippen LogP contribution in [0.2, 0.25) is 10.0 Å². The van der Waals surface area contributed by atoms with Crippen molar-refractivity contribution < 1.29 is 4.79 Å². The first kappa shape index (κ1) is 19.7. The first-order valence-electron chi connectivity index (χ1n) is 10.1. The number of halogens is 2. The molecule has 4 rings (SSSR count). The number of rotatable bonds is 4. The average molecular weight is 421 g/mol. The van der Waals surface area contributed by atoms with Crippen LogP contribution in [0.4, 0.5) is 0 Å². The van der Waals surface area contributed by atoms with Gasteiger partial charge in [0.1, 0.15) is 11.6 Å². The second-order valence-electron chi connectivity index (χ2n) is 8.19. The molecule has 5 nitrogen and oxygen atoms in total. The number of aryl methyl sites for hydroxylation is 2. The zero-order chi connectivity index (χ0) is 19.7. The molecule has 1 amide bonds. The van der Waals surface area contributed by atoms with Crippen LogP contribution < -0.4 is 5.32 Å². The lowest BCUT2D eigenvalue weighted by atomic mass is 9.69. The zero-order valence-corrected chi connectivity index (χ0v) is 17.7. The highest BCUT2D eigenvalue weighted by atomic mass is 35.5. The Morgan fingerprint density at radius 2 is 2.04 bits per heavy atom. The quantitative estimate of drug-likeness (QED) is 0.792. The molecule has 1 saturated carbocycles. The average Bonchev–Trinajstić information content (AvgIpc) is 3.07. The summed E-state index contributed by atoms with van der Waals surface area (Å²) in [6, 6.07) is 5.75. The molecule has 1 atom stereocenters. The van der Waals surface area contributed by atoms with Gasteiger partial charge in [-0.15, -0.1) is 10.2 Å². The molecule has 0 radical (unpaired) electrons. The number of fused-ring (bicyclic) bond motifs is 1. The smallest absolute Gasteiger partial charge is 0.224 e. The maximum atomic E-state index is 13.0. The molecular weight excluding hydrogens is 395 g/mol. The van der Waals surface area contributed by atoms with Crippen molar-refractivity contribution in [2.24, 2.45) is 5.92 Å². The van der Waals surface area contributed by atoms with E-state index in [9.17, 15) is 4.79 Å². The fourth-order valence-corrected chi connectivity index (χ4v) is 5.38. The van der Waals surface area contributed by atoms with Gasteiger partial charge in [0, 0.05) is 35.0 Å². The summed E-state index contributed by atoms with van der Waals surface area (Å²) in [5.74, 6) is 1.94. The molecule has 2 aromatic rings. The van der Waals surface area contributed by atoms with Gasteiger partial charge in [0.15, 0.2) is 0 Å². The van der Waals surface area contributed by atoms with Crippen molar-refractivity contribution in [1.29, 1.82) is 0 Å². The molecule has 7 heteroatoms. The highest BCUT2D eigenvalue weighted by molar-refractivity contribution is 6.35. The number of nitrogens with one attached hydrogen (secondary N) is 1. The molecule has 0 bridgehead atoms. The summed E-state index contributed by atoms with van der Waals surface area (Å²) in [5.41, 5.74) is 1.00. The van der Waals surface area contributed by atoms with Gasteiger partial charge < -0.3 is 9.88 Å². The Kier molecular flexibility index (Phi) is 5.66. The third-order valence-corrected chi connectivity index (χ3v) is 6.96. The highest BCUT2D eigenvalue weighted by Gasteiger charge is 2.37. The fraction of sp³-hybridized carbons (Fsp3) is 0.571. The number of aromatic nitrogens is 3. The first-order valence-corrected chi connectivity index (χ1v) is 10.9. The zero-order valence-electron chi connectivity index (χ0n) is 16.2. The fourth-order valence-electron chi connectivity index (χ4n) is 4.77. The van der Waals surface area contributed by atoms with Crippen molar-refractivity contribution in [2.75, 3.05) is 6.54 Å². The minimum absolute atomic E-state index is 0.0384. The Morgan fingerprint density at radius 1 is 1.25 bits per heavy atom. The summed E-state index contributed by atoms with van der Waals surface area (Å²) in [7, 11) is 0. The number of carbonyl (C=O) groups is 1. The van der Waals surface area contributed by atoms with Crippen LogP contribution in [0.1, 0.15) is 55.7 Å². The molecule has 1 unspecified atom stereocenters. The van der Waals surface area contributed by atoms with Gasteiger partial charge in [-0.05, 0) is 43.9 Å². The molecule has 150 valence electrons. The van der Waals surface area contributed by atoms with Gasteiger partial charge in [-0.3, -0.25) is 4.79 Å². The summed E-state index contributed by atoms with van der Waals surface area (Å²) >= 11 is 12.7. The third-order valence-electron chi connectivity index (χ3n) is 6.42. The number of carbonyl (C=O) groups excluding carboxylic acids is 1. The Labute approximate surface area is 175 Å². The maximum absolute atomic E-state index is 13.0. The molecule has 1 aromatic carbocycles. The number of hydrogen-bond acceptors (Lipinski definition) is 3. The van der Waals surface area contributed by atoms with Gasteiger partial charge in [0.2, 0.25) is 5.91 Å². The minimum Gasteiger partial charge on any atom is -0.355 e. The lowest BCUT2D eigenvalue weighted by Gasteiger charge is -2.39. The second-order valence-corrected chi connectivity index (χ2v) is 9.04. The monoisotopic (exact) mass is 420 g/mol. The minimum atomic E-state index is -0.109. The lowest BCUT2D eigenvalue weighted by molar-refractivity contribution is -0.126. The van der Waals surface area contributed by atoms with Crippen molar-refractivity contribution in [3.8, 4) is 0 Å². The van der Waals surface area contributed by atoms with Gasteiger partial charge in [0.05, 0.1) is 5.92 Å². The van der Waals surface area contributed by atoms with Gasteiger partial charge in [0.25, 0.3) is 0 Å². The Balaban J connectivity index is 1.49. The van der Waals surface area contributed by atoms with E-state index in [4.69, 9.17) is 23.2 Å². The van der Waals surface area contributed by atoms with Crippen molar-refractivity contribution in [3.63, 3.8) is 0 Å². The van der Waals surface area contributed by atoms with Crippen LogP contribution in [0.5, 0.6) is 0 Å². The first-order chi connectivity index (χ1) is 13.5. The van der Waals surface area contributed by atoms with Crippen molar-refractivity contribution >= 4 is 29.1 Å². The predicted octanol–water partition coefficient (Wildman–Crippen LogP) is 4.47. The summed E-state index contributed by atoms with van der Waals surface area (Å²) in [6.45, 7) is 3.22. The van der Waals surface area contributed by atoms with Gasteiger partial charge >= 0.3 is 0 Å². The third kappa shape index (κ3) is 3.79. The summed E-state index contributed by atoms with van der Waals surface area (Å²) in [5, 5.41) is 12.9. The van der Waals surface area contributed by atoms with E-state index in [1.165, 1.54) is 6.42 Å². The molecular formula is C21H26Cl2N4O. The molecule has 2 heterocycles. The van der Waals surface area contributed by atoms with Crippen LogP contribution >= 0.6 is 23.2 Å². The number of hydrogen-bond donors (Lipinski definition) is 1. The van der Waals surface area contributed by atoms with E-state index in [0.29, 0.717) is 23.1 Å². The summed E-state index contributed by atoms with van der Waals surface area (Å²) in [6.07, 6.45) is 7.23. The van der Waals surface area contributed by atoms with Crippen molar-refractivity contribution in [3.05, 3.63) is 45.5 Å². The van der Waals surface area contributed by atoms with Gasteiger partial charge in [-0.2, -0.15) is 0 Å². The lowest BCUT2D eigenvalue weighted by Crippen LogP contribution is -2.45. The van der Waals surface area contributed by atoms with Crippen LogP contribution in [-0.2, 0) is 23.2 Å². The summed E-state index contributed by atoms with van der Waals surface area (Å²) in [4.78, 5) is 13.0. The number of amides is 1. The topological polar surface area (TPSA) is 59.8 Å². The highest BCUT2D eigenvalue weighted by Crippen LogP contribution is 2.42. The molecule has 1 aromatic heterocycles. The van der Waals surface area contributed by atoms with E-state index >= 15 is 0 Å². The van der Waals surface area contributed by atoms with Gasteiger partial charge in [-0.1, -0.05) is 48.5 Å². The van der Waals surface area contributed by atoms with Crippen LogP contribution in [0.25, 0.3) is 0 Å². The van der Waals surface area contributed by atoms with E-state index in [0.717, 1.165) is 55.7 Å². The van der Waals surface area contributed by atoms with E-state index in [-0.39, 0.29) is 17.2 Å². The molecule has 0 spiro atoms. The van der Waals surface area contributed by atoms with Crippen molar-refractivity contribution in [1.82, 2.24) is 20.1 Å². The largest absolute Gasteiger partial charge is 0.355 e. The number of nitrogens with zero attached hydrogens (tertiary/aromatic N) is 3. The predicted molar refractivity (Wildman–Crippen MR) is 111 cm³/mol. The Bertz CT molecular complexity index is 873. The molecule has 0 saturated heterocycles. The normalized spacial score (nSPS) is 21.2. The standard InChI is InChI=1S/C21H26Cl2N4O/c1-14-25-26-19-8-5-15(12-27(14)19)20(28)24-13-21(9-3-2-4-10-21)17-7-6-16(22)11-18(17)23/h6-7,11,15H,2-5,8-10,12-13H2,1H3,(H,24,28). The van der Waals surface area contributed by atoms with Crippen LogP contribution in [0.15, 0.2) is 18.2 Å². The van der Waals surface area contributed by atoms with E-state index in [1.807, 2.05) is 25.1 Å². The Morgan fingerprint density at radius 3 is 2.79 bits per heavy atom.